The van der Waals surface area contributed by atoms with Gasteiger partial charge < -0.3 is 10.1 Å². The first-order valence-electron chi connectivity index (χ1n) is 8.40. The summed E-state index contributed by atoms with van der Waals surface area (Å²) in [5, 5.41) is 5.03. The van der Waals surface area contributed by atoms with E-state index in [1.807, 2.05) is 60.0 Å². The first kappa shape index (κ1) is 16.5. The Morgan fingerprint density at radius 3 is 2.58 bits per heavy atom. The number of ether oxygens (including phenoxy) is 1. The molecular formula is C21H17NO3S. The Labute approximate surface area is 155 Å². The number of amides is 1. The van der Waals surface area contributed by atoms with Crippen molar-refractivity contribution in [2.45, 2.75) is 18.6 Å². The average molecular weight is 363 g/mol. The number of thiophene rings is 1. The molecule has 0 saturated carbocycles. The van der Waals surface area contributed by atoms with Gasteiger partial charge in [0.2, 0.25) is 0 Å². The summed E-state index contributed by atoms with van der Waals surface area (Å²) in [6.07, 6.45) is -0.428. The maximum atomic E-state index is 12.8. The molecule has 1 aliphatic rings. The number of cyclic esters (lactones) is 1. The summed E-state index contributed by atoms with van der Waals surface area (Å²) in [5.74, 6) is -0.727. The van der Waals surface area contributed by atoms with Crippen LogP contribution in [-0.4, -0.2) is 18.0 Å². The number of esters is 1. The molecule has 1 amide bonds. The molecule has 4 rings (SSSR count). The van der Waals surface area contributed by atoms with Gasteiger partial charge in [0.25, 0.3) is 5.91 Å². The van der Waals surface area contributed by atoms with Gasteiger partial charge >= 0.3 is 5.97 Å². The van der Waals surface area contributed by atoms with Crippen LogP contribution in [0.4, 0.5) is 0 Å². The number of benzene rings is 2. The summed E-state index contributed by atoms with van der Waals surface area (Å²) in [7, 11) is 0. The fraction of sp³-hybridized carbons (Fsp3) is 0.143. The van der Waals surface area contributed by atoms with Crippen LogP contribution in [0, 0.1) is 0 Å². The van der Waals surface area contributed by atoms with Crippen LogP contribution in [0.25, 0.3) is 0 Å². The van der Waals surface area contributed by atoms with E-state index in [2.05, 4.69) is 5.32 Å². The van der Waals surface area contributed by atoms with Crippen molar-refractivity contribution in [3.63, 3.8) is 0 Å². The van der Waals surface area contributed by atoms with E-state index in [1.54, 1.807) is 23.5 Å². The van der Waals surface area contributed by atoms with Crippen LogP contribution in [0.15, 0.2) is 72.1 Å². The second-order valence-electron chi connectivity index (χ2n) is 6.12. The van der Waals surface area contributed by atoms with E-state index in [9.17, 15) is 9.59 Å². The Balaban J connectivity index is 1.57. The van der Waals surface area contributed by atoms with Gasteiger partial charge in [-0.05, 0) is 28.6 Å². The highest BCUT2D eigenvalue weighted by molar-refractivity contribution is 7.10. The van der Waals surface area contributed by atoms with Crippen LogP contribution in [-0.2, 0) is 16.0 Å². The molecule has 4 nitrogen and oxygen atoms in total. The third kappa shape index (κ3) is 3.26. The Bertz CT molecular complexity index is 921. The third-order valence-corrected chi connectivity index (χ3v) is 5.37. The Kier molecular flexibility index (Phi) is 4.54. The molecule has 130 valence electrons. The summed E-state index contributed by atoms with van der Waals surface area (Å²) >= 11 is 1.58. The quantitative estimate of drug-likeness (QED) is 0.719. The molecule has 1 N–H and O–H groups in total. The van der Waals surface area contributed by atoms with Crippen molar-refractivity contribution in [3.8, 4) is 0 Å². The number of fused-ring (bicyclic) bond motifs is 1. The SMILES string of the molecule is O=C1O[C@@H](C(=O)N[C@H](c2ccccc2)c2cccs2)Cc2ccccc21. The molecule has 0 fully saturated rings. The lowest BCUT2D eigenvalue weighted by molar-refractivity contribution is -0.130. The smallest absolute Gasteiger partial charge is 0.339 e. The number of hydrogen-bond donors (Lipinski definition) is 1. The van der Waals surface area contributed by atoms with E-state index in [0.29, 0.717) is 12.0 Å². The molecule has 0 aliphatic carbocycles. The molecule has 2 atom stereocenters. The average Bonchev–Trinajstić information content (AvgIpc) is 3.21. The molecular weight excluding hydrogens is 346 g/mol. The summed E-state index contributed by atoms with van der Waals surface area (Å²) in [6, 6.07) is 20.7. The zero-order valence-electron chi connectivity index (χ0n) is 13.9. The minimum atomic E-state index is -0.816. The highest BCUT2D eigenvalue weighted by atomic mass is 32.1. The Morgan fingerprint density at radius 1 is 1.04 bits per heavy atom. The van der Waals surface area contributed by atoms with Crippen LogP contribution in [0.5, 0.6) is 0 Å². The van der Waals surface area contributed by atoms with Crippen LogP contribution < -0.4 is 5.32 Å². The van der Waals surface area contributed by atoms with E-state index in [0.717, 1.165) is 16.0 Å². The number of carbonyl (C=O) groups excluding carboxylic acids is 2. The van der Waals surface area contributed by atoms with E-state index in [1.165, 1.54) is 0 Å². The standard InChI is InChI=1S/C21H17NO3S/c23-20(17-13-15-9-4-5-10-16(15)21(24)25-17)22-19(18-11-6-12-26-18)14-7-2-1-3-8-14/h1-12,17,19H,13H2,(H,22,23)/t17-,19-/m1/s1. The lowest BCUT2D eigenvalue weighted by Crippen LogP contribution is -2.43. The monoisotopic (exact) mass is 363 g/mol. The first-order valence-corrected chi connectivity index (χ1v) is 9.28. The minimum absolute atomic E-state index is 0.264. The van der Waals surface area contributed by atoms with Gasteiger partial charge in [0.15, 0.2) is 6.10 Å². The van der Waals surface area contributed by atoms with Gasteiger partial charge in [-0.15, -0.1) is 11.3 Å². The lowest BCUT2D eigenvalue weighted by Gasteiger charge is -2.26. The van der Waals surface area contributed by atoms with Gasteiger partial charge in [-0.2, -0.15) is 0 Å². The topological polar surface area (TPSA) is 55.4 Å². The Hall–Kier alpha value is -2.92. The van der Waals surface area contributed by atoms with Crippen molar-refractivity contribution in [1.82, 2.24) is 5.32 Å². The molecule has 0 radical (unpaired) electrons. The van der Waals surface area contributed by atoms with Crippen molar-refractivity contribution in [2.75, 3.05) is 0 Å². The van der Waals surface area contributed by atoms with Crippen molar-refractivity contribution in [2.24, 2.45) is 0 Å². The predicted octanol–water partition coefficient (Wildman–Crippen LogP) is 3.74. The van der Waals surface area contributed by atoms with Crippen LogP contribution in [0.2, 0.25) is 0 Å². The maximum Gasteiger partial charge on any atom is 0.339 e. The predicted molar refractivity (Wildman–Crippen MR) is 100 cm³/mol. The molecule has 2 aromatic carbocycles. The maximum absolute atomic E-state index is 12.8. The normalized spacial score (nSPS) is 17.1. The molecule has 0 bridgehead atoms. The number of rotatable bonds is 4. The molecule has 1 aromatic heterocycles. The van der Waals surface area contributed by atoms with Gasteiger partial charge in [0.05, 0.1) is 11.6 Å². The largest absolute Gasteiger partial charge is 0.448 e. The minimum Gasteiger partial charge on any atom is -0.448 e. The van der Waals surface area contributed by atoms with Crippen molar-refractivity contribution < 1.29 is 14.3 Å². The lowest BCUT2D eigenvalue weighted by atomic mass is 9.97. The first-order chi connectivity index (χ1) is 12.7. The molecule has 0 spiro atoms. The van der Waals surface area contributed by atoms with Crippen LogP contribution in [0.3, 0.4) is 0 Å². The summed E-state index contributed by atoms with van der Waals surface area (Å²) in [5.41, 5.74) is 2.37. The van der Waals surface area contributed by atoms with Gasteiger partial charge in [-0.3, -0.25) is 4.79 Å². The Morgan fingerprint density at radius 2 is 1.81 bits per heavy atom. The molecule has 5 heteroatoms. The van der Waals surface area contributed by atoms with Crippen molar-refractivity contribution >= 4 is 23.2 Å². The van der Waals surface area contributed by atoms with E-state index < -0.39 is 12.1 Å². The summed E-state index contributed by atoms with van der Waals surface area (Å²) in [4.78, 5) is 26.1. The van der Waals surface area contributed by atoms with Gasteiger partial charge in [-0.1, -0.05) is 54.6 Å². The summed E-state index contributed by atoms with van der Waals surface area (Å²) < 4.78 is 5.38. The fourth-order valence-corrected chi connectivity index (χ4v) is 3.94. The number of carbonyl (C=O) groups is 2. The second kappa shape index (κ2) is 7.14. The number of hydrogen-bond acceptors (Lipinski definition) is 4. The number of nitrogens with one attached hydrogen (secondary N) is 1. The zero-order valence-corrected chi connectivity index (χ0v) is 14.7. The molecule has 26 heavy (non-hydrogen) atoms. The van der Waals surface area contributed by atoms with Crippen molar-refractivity contribution in [1.29, 1.82) is 0 Å². The van der Waals surface area contributed by atoms with E-state index in [-0.39, 0.29) is 11.9 Å². The summed E-state index contributed by atoms with van der Waals surface area (Å²) in [6.45, 7) is 0. The van der Waals surface area contributed by atoms with Crippen LogP contribution in [0.1, 0.15) is 32.4 Å². The zero-order chi connectivity index (χ0) is 17.9. The fourth-order valence-electron chi connectivity index (χ4n) is 3.13. The van der Waals surface area contributed by atoms with Crippen LogP contribution >= 0.6 is 11.3 Å². The van der Waals surface area contributed by atoms with Crippen molar-refractivity contribution in [3.05, 3.63) is 93.7 Å². The third-order valence-electron chi connectivity index (χ3n) is 4.43. The van der Waals surface area contributed by atoms with Gasteiger partial charge in [0, 0.05) is 11.3 Å². The highest BCUT2D eigenvalue weighted by Gasteiger charge is 2.32. The highest BCUT2D eigenvalue weighted by Crippen LogP contribution is 2.27. The molecule has 0 saturated heterocycles. The van der Waals surface area contributed by atoms with Gasteiger partial charge in [0.1, 0.15) is 0 Å². The van der Waals surface area contributed by atoms with E-state index >= 15 is 0 Å². The molecule has 2 heterocycles. The van der Waals surface area contributed by atoms with Gasteiger partial charge in [-0.25, -0.2) is 4.79 Å². The molecule has 0 unspecified atom stereocenters. The molecule has 3 aromatic rings. The second-order valence-corrected chi connectivity index (χ2v) is 7.10. The van der Waals surface area contributed by atoms with E-state index in [4.69, 9.17) is 4.74 Å². The molecule has 1 aliphatic heterocycles.